The van der Waals surface area contributed by atoms with Crippen molar-refractivity contribution in [3.63, 3.8) is 0 Å². The summed E-state index contributed by atoms with van der Waals surface area (Å²) in [5.74, 6) is 0.0221. The van der Waals surface area contributed by atoms with Crippen molar-refractivity contribution in [2.24, 2.45) is 5.92 Å². The molecule has 65 heavy (non-hydrogen) atoms. The summed E-state index contributed by atoms with van der Waals surface area (Å²) in [5, 5.41) is 0. The molecule has 0 saturated heterocycles. The molecule has 6 nitrogen and oxygen atoms in total. The van der Waals surface area contributed by atoms with Crippen molar-refractivity contribution >= 4 is 17.9 Å². The topological polar surface area (TPSA) is 78.9 Å². The Bertz CT molecular complexity index is 980. The molecule has 0 fully saturated rings. The molecule has 0 aliphatic rings. The zero-order valence-corrected chi connectivity index (χ0v) is 44.5. The highest BCUT2D eigenvalue weighted by Crippen LogP contribution is 2.18. The number of hydrogen-bond acceptors (Lipinski definition) is 6. The Morgan fingerprint density at radius 1 is 0.292 bits per heavy atom. The van der Waals surface area contributed by atoms with Gasteiger partial charge in [-0.05, 0) is 25.2 Å². The second-order valence-electron chi connectivity index (χ2n) is 20.8. The van der Waals surface area contributed by atoms with Gasteiger partial charge in [0, 0.05) is 19.3 Å². The van der Waals surface area contributed by atoms with Crippen molar-refractivity contribution in [1.82, 2.24) is 0 Å². The van der Waals surface area contributed by atoms with Crippen LogP contribution in [-0.4, -0.2) is 37.2 Å². The van der Waals surface area contributed by atoms with Gasteiger partial charge in [0.05, 0.1) is 0 Å². The molecule has 0 aliphatic carbocycles. The van der Waals surface area contributed by atoms with Gasteiger partial charge in [-0.25, -0.2) is 0 Å². The zero-order chi connectivity index (χ0) is 47.4. The molecule has 0 aliphatic heterocycles. The van der Waals surface area contributed by atoms with Gasteiger partial charge in [0.15, 0.2) is 6.10 Å². The number of carbonyl (C=O) groups is 3. The lowest BCUT2D eigenvalue weighted by molar-refractivity contribution is -0.167. The Hall–Kier alpha value is -1.59. The van der Waals surface area contributed by atoms with Crippen LogP contribution in [0.1, 0.15) is 336 Å². The molecule has 0 radical (unpaired) electrons. The molecule has 0 bridgehead atoms. The first-order valence-electron chi connectivity index (χ1n) is 29.4. The van der Waals surface area contributed by atoms with E-state index in [2.05, 4.69) is 27.7 Å². The van der Waals surface area contributed by atoms with Crippen molar-refractivity contribution in [3.8, 4) is 0 Å². The first-order chi connectivity index (χ1) is 31.9. The summed E-state index contributed by atoms with van der Waals surface area (Å²) in [6.45, 7) is 9.07. The summed E-state index contributed by atoms with van der Waals surface area (Å²) < 4.78 is 16.9. The predicted molar refractivity (Wildman–Crippen MR) is 280 cm³/mol. The van der Waals surface area contributed by atoms with Crippen molar-refractivity contribution in [3.05, 3.63) is 0 Å². The van der Waals surface area contributed by atoms with Crippen LogP contribution in [0.15, 0.2) is 0 Å². The lowest BCUT2D eigenvalue weighted by Gasteiger charge is -2.18. The van der Waals surface area contributed by atoms with Gasteiger partial charge in [0.1, 0.15) is 13.2 Å². The summed E-state index contributed by atoms with van der Waals surface area (Å²) in [7, 11) is 0. The Morgan fingerprint density at radius 2 is 0.508 bits per heavy atom. The molecule has 0 rings (SSSR count). The highest BCUT2D eigenvalue weighted by Gasteiger charge is 2.19. The molecule has 0 heterocycles. The second-order valence-corrected chi connectivity index (χ2v) is 20.8. The minimum atomic E-state index is -0.761. The third-order valence-corrected chi connectivity index (χ3v) is 13.5. The number of esters is 3. The fourth-order valence-electron chi connectivity index (χ4n) is 9.10. The van der Waals surface area contributed by atoms with E-state index in [0.717, 1.165) is 63.7 Å². The van der Waals surface area contributed by atoms with Gasteiger partial charge in [-0.3, -0.25) is 14.4 Å². The normalized spacial score (nSPS) is 12.0. The fraction of sp³-hybridized carbons (Fsp3) is 0.949. The van der Waals surface area contributed by atoms with Crippen LogP contribution in [0.4, 0.5) is 0 Å². The average molecular weight is 920 g/mol. The molecule has 0 spiro atoms. The Labute approximate surface area is 406 Å². The van der Waals surface area contributed by atoms with E-state index in [4.69, 9.17) is 14.2 Å². The van der Waals surface area contributed by atoms with Crippen molar-refractivity contribution in [2.45, 2.75) is 342 Å². The molecule has 0 aromatic carbocycles. The predicted octanol–water partition coefficient (Wildman–Crippen LogP) is 19.4. The third-order valence-electron chi connectivity index (χ3n) is 13.5. The van der Waals surface area contributed by atoms with E-state index >= 15 is 0 Å². The molecule has 0 unspecified atom stereocenters. The van der Waals surface area contributed by atoms with Crippen LogP contribution in [0.25, 0.3) is 0 Å². The molecule has 0 aromatic rings. The van der Waals surface area contributed by atoms with Gasteiger partial charge in [0.25, 0.3) is 0 Å². The van der Waals surface area contributed by atoms with Gasteiger partial charge < -0.3 is 14.2 Å². The average Bonchev–Trinajstić information content (AvgIpc) is 3.29. The lowest BCUT2D eigenvalue weighted by Crippen LogP contribution is -2.30. The first kappa shape index (κ1) is 63.4. The Kier molecular flexibility index (Phi) is 52.1. The minimum Gasteiger partial charge on any atom is -0.462 e. The number of carbonyl (C=O) groups excluding carboxylic acids is 3. The third kappa shape index (κ3) is 53.2. The van der Waals surface area contributed by atoms with Crippen LogP contribution in [0.5, 0.6) is 0 Å². The van der Waals surface area contributed by atoms with E-state index in [1.54, 1.807) is 0 Å². The standard InChI is InChI=1S/C59H114O6/c1-5-7-9-11-13-15-17-18-19-25-28-31-35-39-43-47-51-58(61)64-54-56(53-63-57(60)50-46-42-38-34-16-14-12-10-8-6-2)65-59(62)52-48-44-40-36-32-29-26-23-21-20-22-24-27-30-33-37-41-45-49-55(3)4/h55-56H,5-54H2,1-4H3/t56-/m0/s1. The zero-order valence-electron chi connectivity index (χ0n) is 44.5. The largest absolute Gasteiger partial charge is 0.462 e. The van der Waals surface area contributed by atoms with Crippen molar-refractivity contribution in [1.29, 1.82) is 0 Å². The lowest BCUT2D eigenvalue weighted by atomic mass is 10.0. The number of hydrogen-bond donors (Lipinski definition) is 0. The molecule has 0 saturated carbocycles. The Balaban J connectivity index is 4.21. The van der Waals surface area contributed by atoms with E-state index in [-0.39, 0.29) is 31.1 Å². The first-order valence-corrected chi connectivity index (χ1v) is 29.4. The molecular weight excluding hydrogens is 805 g/mol. The molecule has 386 valence electrons. The number of unbranched alkanes of at least 4 members (excludes halogenated alkanes) is 41. The summed E-state index contributed by atoms with van der Waals surface area (Å²) in [6, 6.07) is 0. The van der Waals surface area contributed by atoms with E-state index in [0.29, 0.717) is 19.3 Å². The van der Waals surface area contributed by atoms with E-state index in [1.165, 1.54) is 231 Å². The van der Waals surface area contributed by atoms with Crippen LogP contribution in [-0.2, 0) is 28.6 Å². The summed E-state index contributed by atoms with van der Waals surface area (Å²) in [5.41, 5.74) is 0. The van der Waals surface area contributed by atoms with Crippen LogP contribution in [0.3, 0.4) is 0 Å². The SMILES string of the molecule is CCCCCCCCCCCCCCCCCCC(=O)OC[C@H](COC(=O)CCCCCCCCCCCC)OC(=O)CCCCCCCCCCCCCCCCCCCCC(C)C. The minimum absolute atomic E-state index is 0.0618. The fourth-order valence-corrected chi connectivity index (χ4v) is 9.10. The number of ether oxygens (including phenoxy) is 3. The van der Waals surface area contributed by atoms with Gasteiger partial charge >= 0.3 is 17.9 Å². The molecule has 0 N–H and O–H groups in total. The summed E-state index contributed by atoms with van der Waals surface area (Å²) in [4.78, 5) is 38.1. The van der Waals surface area contributed by atoms with Gasteiger partial charge in [-0.2, -0.15) is 0 Å². The molecule has 0 aromatic heterocycles. The summed E-state index contributed by atoms with van der Waals surface area (Å²) >= 11 is 0. The molecule has 6 heteroatoms. The molecular formula is C59H114O6. The highest BCUT2D eigenvalue weighted by molar-refractivity contribution is 5.71. The highest BCUT2D eigenvalue weighted by atomic mass is 16.6. The van der Waals surface area contributed by atoms with E-state index in [9.17, 15) is 14.4 Å². The monoisotopic (exact) mass is 919 g/mol. The van der Waals surface area contributed by atoms with Crippen molar-refractivity contribution in [2.75, 3.05) is 13.2 Å². The maximum atomic E-state index is 12.8. The molecule has 1 atom stereocenters. The van der Waals surface area contributed by atoms with Crippen LogP contribution < -0.4 is 0 Å². The van der Waals surface area contributed by atoms with Crippen LogP contribution in [0.2, 0.25) is 0 Å². The van der Waals surface area contributed by atoms with Crippen molar-refractivity contribution < 1.29 is 28.6 Å². The van der Waals surface area contributed by atoms with Crippen LogP contribution in [0, 0.1) is 5.92 Å². The van der Waals surface area contributed by atoms with Gasteiger partial charge in [-0.1, -0.05) is 297 Å². The van der Waals surface area contributed by atoms with Gasteiger partial charge in [-0.15, -0.1) is 0 Å². The second kappa shape index (κ2) is 53.4. The number of rotatable bonds is 54. The van der Waals surface area contributed by atoms with E-state index < -0.39 is 6.10 Å². The quantitative estimate of drug-likeness (QED) is 0.0344. The summed E-state index contributed by atoms with van der Waals surface area (Å²) in [6.07, 6.45) is 58.1. The van der Waals surface area contributed by atoms with E-state index in [1.807, 2.05) is 0 Å². The smallest absolute Gasteiger partial charge is 0.306 e. The van der Waals surface area contributed by atoms with Crippen LogP contribution >= 0.6 is 0 Å². The maximum absolute atomic E-state index is 12.8. The molecule has 0 amide bonds. The maximum Gasteiger partial charge on any atom is 0.306 e. The Morgan fingerprint density at radius 3 is 0.754 bits per heavy atom. The van der Waals surface area contributed by atoms with Gasteiger partial charge in [0.2, 0.25) is 0 Å².